The first-order chi connectivity index (χ1) is 17.8. The minimum Gasteiger partial charge on any atom is -0.406 e. The number of nitrogens with zero attached hydrogens (tertiary/aromatic N) is 2. The second-order valence-corrected chi connectivity index (χ2v) is 8.77. The average molecular weight is 511 g/mol. The van der Waals surface area contributed by atoms with Gasteiger partial charge < -0.3 is 20.1 Å². The summed E-state index contributed by atoms with van der Waals surface area (Å²) >= 11 is 0. The number of carbonyl (C=O) groups excluding carboxylic acids is 1. The van der Waals surface area contributed by atoms with Gasteiger partial charge in [0.2, 0.25) is 0 Å². The molecule has 2 heterocycles. The van der Waals surface area contributed by atoms with Crippen LogP contribution in [0.25, 0.3) is 16.7 Å². The molecule has 1 aromatic heterocycles. The van der Waals surface area contributed by atoms with Gasteiger partial charge in [0.25, 0.3) is 5.91 Å². The molecule has 37 heavy (non-hydrogen) atoms. The van der Waals surface area contributed by atoms with E-state index in [1.165, 1.54) is 12.1 Å². The highest BCUT2D eigenvalue weighted by molar-refractivity contribution is 5.97. The number of hydrogen-bond acceptors (Lipinski definition) is 5. The monoisotopic (exact) mass is 510 g/mol. The highest BCUT2D eigenvalue weighted by Gasteiger charge is 2.30. The van der Waals surface area contributed by atoms with Gasteiger partial charge in [-0.2, -0.15) is 0 Å². The maximum Gasteiger partial charge on any atom is 0.573 e. The quantitative estimate of drug-likeness (QED) is 0.346. The van der Waals surface area contributed by atoms with E-state index in [1.807, 2.05) is 34.9 Å². The van der Waals surface area contributed by atoms with E-state index in [4.69, 9.17) is 4.74 Å². The maximum atomic E-state index is 12.7. The van der Waals surface area contributed by atoms with E-state index in [1.54, 1.807) is 30.6 Å². The van der Waals surface area contributed by atoms with Crippen LogP contribution in [0.5, 0.6) is 5.75 Å². The summed E-state index contributed by atoms with van der Waals surface area (Å²) in [4.78, 5) is 17.1. The third-order valence-electron chi connectivity index (χ3n) is 6.16. The molecule has 0 radical (unpaired) electrons. The number of rotatable bonds is 7. The van der Waals surface area contributed by atoms with Crippen LogP contribution >= 0.6 is 0 Å². The molecule has 5 rings (SSSR count). The lowest BCUT2D eigenvalue weighted by atomic mass is 10.1. The Morgan fingerprint density at radius 1 is 1.03 bits per heavy atom. The SMILES string of the molecule is O=C(NC1CCOCC1)c1ccc2c(c1)ncn2-c1ccc(NCc2ccc(OC(F)(F)F)cc2)cc1. The summed E-state index contributed by atoms with van der Waals surface area (Å²) in [5.74, 6) is -0.360. The number of hydrogen-bond donors (Lipinski definition) is 2. The van der Waals surface area contributed by atoms with Crippen LogP contribution in [-0.2, 0) is 11.3 Å². The number of halogens is 3. The molecule has 0 spiro atoms. The van der Waals surface area contributed by atoms with Crippen LogP contribution < -0.4 is 15.4 Å². The third-order valence-corrected chi connectivity index (χ3v) is 6.16. The van der Waals surface area contributed by atoms with Gasteiger partial charge in [0.1, 0.15) is 12.1 Å². The molecule has 10 heteroatoms. The number of carbonyl (C=O) groups is 1. The van der Waals surface area contributed by atoms with Crippen molar-refractivity contribution in [1.29, 1.82) is 0 Å². The second-order valence-electron chi connectivity index (χ2n) is 8.77. The normalized spacial score (nSPS) is 14.5. The van der Waals surface area contributed by atoms with Crippen molar-refractivity contribution in [2.45, 2.75) is 31.8 Å². The zero-order valence-electron chi connectivity index (χ0n) is 19.8. The van der Waals surface area contributed by atoms with E-state index in [0.29, 0.717) is 25.3 Å². The molecule has 0 unspecified atom stereocenters. The highest BCUT2D eigenvalue weighted by atomic mass is 19.4. The molecular weight excluding hydrogens is 485 g/mol. The Morgan fingerprint density at radius 3 is 2.46 bits per heavy atom. The molecule has 0 saturated carbocycles. The highest BCUT2D eigenvalue weighted by Crippen LogP contribution is 2.24. The van der Waals surface area contributed by atoms with Gasteiger partial charge in [0.15, 0.2) is 0 Å². The molecule has 1 amide bonds. The van der Waals surface area contributed by atoms with Gasteiger partial charge in [-0.15, -0.1) is 13.2 Å². The van der Waals surface area contributed by atoms with Gasteiger partial charge in [-0.3, -0.25) is 9.36 Å². The van der Waals surface area contributed by atoms with Crippen molar-refractivity contribution in [3.05, 3.63) is 84.2 Å². The van der Waals surface area contributed by atoms with Crippen molar-refractivity contribution < 1.29 is 27.4 Å². The van der Waals surface area contributed by atoms with E-state index >= 15 is 0 Å². The summed E-state index contributed by atoms with van der Waals surface area (Å²) < 4.78 is 48.1. The predicted molar refractivity (Wildman–Crippen MR) is 133 cm³/mol. The number of fused-ring (bicyclic) bond motifs is 1. The third kappa shape index (κ3) is 6.21. The molecule has 192 valence electrons. The predicted octanol–water partition coefficient (Wildman–Crippen LogP) is 5.45. The Morgan fingerprint density at radius 2 is 1.76 bits per heavy atom. The average Bonchev–Trinajstić information content (AvgIpc) is 3.32. The van der Waals surface area contributed by atoms with Crippen molar-refractivity contribution in [2.24, 2.45) is 0 Å². The Bertz CT molecular complexity index is 1360. The van der Waals surface area contributed by atoms with Crippen LogP contribution in [0.4, 0.5) is 18.9 Å². The summed E-state index contributed by atoms with van der Waals surface area (Å²) in [7, 11) is 0. The molecule has 1 saturated heterocycles. The number of imidazole rings is 1. The molecule has 7 nitrogen and oxygen atoms in total. The van der Waals surface area contributed by atoms with Crippen LogP contribution in [0.3, 0.4) is 0 Å². The number of anilines is 1. The van der Waals surface area contributed by atoms with Crippen molar-refractivity contribution in [2.75, 3.05) is 18.5 Å². The number of nitrogens with one attached hydrogen (secondary N) is 2. The summed E-state index contributed by atoms with van der Waals surface area (Å²) in [6, 6.07) is 19.1. The Balaban J connectivity index is 1.21. The van der Waals surface area contributed by atoms with Crippen molar-refractivity contribution in [1.82, 2.24) is 14.9 Å². The van der Waals surface area contributed by atoms with Crippen LogP contribution in [0.1, 0.15) is 28.8 Å². The van der Waals surface area contributed by atoms with Crippen LogP contribution in [0, 0.1) is 0 Å². The first-order valence-corrected chi connectivity index (χ1v) is 11.9. The fourth-order valence-electron chi connectivity index (χ4n) is 4.22. The number of ether oxygens (including phenoxy) is 2. The number of aromatic nitrogens is 2. The Hall–Kier alpha value is -4.05. The van der Waals surface area contributed by atoms with Crippen molar-refractivity contribution in [3.8, 4) is 11.4 Å². The summed E-state index contributed by atoms with van der Waals surface area (Å²) in [5.41, 5.74) is 4.75. The van der Waals surface area contributed by atoms with Gasteiger partial charge in [-0.25, -0.2) is 4.98 Å². The number of amides is 1. The lowest BCUT2D eigenvalue weighted by molar-refractivity contribution is -0.274. The molecule has 0 atom stereocenters. The molecular formula is C27H25F3N4O3. The van der Waals surface area contributed by atoms with Gasteiger partial charge in [-0.05, 0) is 73.0 Å². The van der Waals surface area contributed by atoms with Crippen molar-refractivity contribution >= 4 is 22.6 Å². The van der Waals surface area contributed by atoms with Gasteiger partial charge in [0.05, 0.1) is 11.0 Å². The fraction of sp³-hybridized carbons (Fsp3) is 0.259. The molecule has 0 aliphatic carbocycles. The van der Waals surface area contributed by atoms with Crippen LogP contribution in [0.15, 0.2) is 73.1 Å². The number of alkyl halides is 3. The Labute approximate surface area is 211 Å². The summed E-state index contributed by atoms with van der Waals surface area (Å²) in [5, 5.41) is 6.32. The van der Waals surface area contributed by atoms with Crippen molar-refractivity contribution in [3.63, 3.8) is 0 Å². The molecule has 1 fully saturated rings. The van der Waals surface area contributed by atoms with E-state index < -0.39 is 6.36 Å². The lowest BCUT2D eigenvalue weighted by Crippen LogP contribution is -2.38. The van der Waals surface area contributed by atoms with E-state index in [-0.39, 0.29) is 17.7 Å². The summed E-state index contributed by atoms with van der Waals surface area (Å²) in [6.07, 6.45) is -1.35. The van der Waals surface area contributed by atoms with Crippen LogP contribution in [0.2, 0.25) is 0 Å². The Kier molecular flexibility index (Phi) is 7.00. The topological polar surface area (TPSA) is 77.4 Å². The van der Waals surface area contributed by atoms with E-state index in [0.717, 1.165) is 40.8 Å². The molecule has 1 aliphatic heterocycles. The molecule has 3 aromatic carbocycles. The molecule has 1 aliphatic rings. The maximum absolute atomic E-state index is 12.7. The standard InChI is InChI=1S/C27H25F3N4O3/c28-27(29,30)37-23-8-1-18(2-9-23)16-31-20-4-6-22(7-5-20)34-17-32-24-15-19(3-10-25(24)34)26(35)33-21-11-13-36-14-12-21/h1-10,15,17,21,31H,11-14,16H2,(H,33,35). The van der Waals surface area contributed by atoms with Gasteiger partial charge in [0, 0.05) is 42.7 Å². The molecule has 0 bridgehead atoms. The van der Waals surface area contributed by atoms with E-state index in [9.17, 15) is 18.0 Å². The van der Waals surface area contributed by atoms with Crippen LogP contribution in [-0.4, -0.2) is 41.1 Å². The fourth-order valence-corrected chi connectivity index (χ4v) is 4.22. The van der Waals surface area contributed by atoms with E-state index in [2.05, 4.69) is 20.4 Å². The summed E-state index contributed by atoms with van der Waals surface area (Å²) in [6.45, 7) is 1.77. The molecule has 4 aromatic rings. The molecule has 2 N–H and O–H groups in total. The first kappa shape index (κ1) is 24.6. The second kappa shape index (κ2) is 10.5. The smallest absolute Gasteiger partial charge is 0.406 e. The largest absolute Gasteiger partial charge is 0.573 e. The van der Waals surface area contributed by atoms with Gasteiger partial charge >= 0.3 is 6.36 Å². The van der Waals surface area contributed by atoms with Gasteiger partial charge in [-0.1, -0.05) is 12.1 Å². The first-order valence-electron chi connectivity index (χ1n) is 11.9. The minimum absolute atomic E-state index is 0.110. The minimum atomic E-state index is -4.70. The lowest BCUT2D eigenvalue weighted by Gasteiger charge is -2.23. The number of benzene rings is 3. The zero-order valence-corrected chi connectivity index (χ0v) is 19.8. The zero-order chi connectivity index (χ0) is 25.8.